The summed E-state index contributed by atoms with van der Waals surface area (Å²) in [5.41, 5.74) is 0. The molecule has 164 valence electrons. The van der Waals surface area contributed by atoms with Gasteiger partial charge in [-0.1, -0.05) is 96.1 Å². The van der Waals surface area contributed by atoms with Gasteiger partial charge in [-0.05, 0) is 32.1 Å². The van der Waals surface area contributed by atoms with Gasteiger partial charge in [0.25, 0.3) is 0 Å². The first-order chi connectivity index (χ1) is 13.6. The van der Waals surface area contributed by atoms with E-state index >= 15 is 0 Å². The van der Waals surface area contributed by atoms with Crippen LogP contribution < -0.4 is 56.5 Å². The van der Waals surface area contributed by atoms with E-state index in [1.54, 1.807) is 0 Å². The summed E-state index contributed by atoms with van der Waals surface area (Å²) in [5.74, 6) is -3.11. The maximum absolute atomic E-state index is 10.9. The molecule has 0 fully saturated rings. The molecule has 0 heterocycles. The second-order valence-electron chi connectivity index (χ2n) is 8.04. The van der Waals surface area contributed by atoms with Crippen LogP contribution in [0.3, 0.4) is 0 Å². The molecule has 1 unspecified atom stereocenters. The van der Waals surface area contributed by atoms with Gasteiger partial charge in [0.05, 0.1) is 5.92 Å². The Morgan fingerprint density at radius 3 is 1.59 bits per heavy atom. The molecule has 0 aromatic rings. The van der Waals surface area contributed by atoms with Crippen LogP contribution >= 0.6 is 0 Å². The molecule has 0 bridgehead atoms. The number of allylic oxidation sites excluding steroid dienone is 2. The van der Waals surface area contributed by atoms with E-state index in [0.717, 1.165) is 32.1 Å². The first-order valence-electron chi connectivity index (χ1n) is 11.7. The number of hydrogen-bond donors (Lipinski definition) is 1. The summed E-state index contributed by atoms with van der Waals surface area (Å²) in [5, 5.41) is 19.5. The fourth-order valence-corrected chi connectivity index (χ4v) is 3.51. The minimum atomic E-state index is -1.28. The van der Waals surface area contributed by atoms with Crippen LogP contribution in [0.2, 0.25) is 0 Å². The molecule has 0 radical (unpaired) electrons. The summed E-state index contributed by atoms with van der Waals surface area (Å²) in [6.07, 6.45) is 24.5. The molecule has 0 saturated heterocycles. The molecule has 0 aliphatic heterocycles. The standard InChI is InChI=1S/C24H44O4.K/c1-2-3-4-5-6-7-8-9-10-11-12-13-14-15-16-17-18-19-20-22(24(27)28)21-23(25)26;/h13-14,22H,2-12,15-21H2,1H3,(H,25,26)(H,27,28);/q;+1/p-1/b14-13+;. The summed E-state index contributed by atoms with van der Waals surface area (Å²) in [7, 11) is 0. The maximum atomic E-state index is 10.9. The van der Waals surface area contributed by atoms with E-state index in [9.17, 15) is 14.7 Å². The van der Waals surface area contributed by atoms with Crippen LogP contribution in [0.1, 0.15) is 122 Å². The fourth-order valence-electron chi connectivity index (χ4n) is 3.51. The smallest absolute Gasteiger partial charge is 0.550 e. The Bertz CT molecular complexity index is 410. The van der Waals surface area contributed by atoms with Crippen LogP contribution in [0.15, 0.2) is 12.2 Å². The van der Waals surface area contributed by atoms with Crippen LogP contribution in [0, 0.1) is 5.92 Å². The Morgan fingerprint density at radius 2 is 1.17 bits per heavy atom. The normalized spacial score (nSPS) is 12.0. The fraction of sp³-hybridized carbons (Fsp3) is 0.833. The van der Waals surface area contributed by atoms with Crippen molar-refractivity contribution in [2.75, 3.05) is 0 Å². The second-order valence-corrected chi connectivity index (χ2v) is 8.04. The average molecular weight is 435 g/mol. The molecule has 0 spiro atoms. The molecule has 1 N–H and O–H groups in total. The van der Waals surface area contributed by atoms with Gasteiger partial charge < -0.3 is 15.0 Å². The topological polar surface area (TPSA) is 77.4 Å². The number of unbranched alkanes of at least 4 members (excludes halogenated alkanes) is 14. The van der Waals surface area contributed by atoms with Gasteiger partial charge >= 0.3 is 57.4 Å². The molecule has 0 aromatic carbocycles. The third-order valence-electron chi connectivity index (χ3n) is 5.33. The summed E-state index contributed by atoms with van der Waals surface area (Å²) >= 11 is 0. The summed E-state index contributed by atoms with van der Waals surface area (Å²) in [6, 6.07) is 0. The first-order valence-corrected chi connectivity index (χ1v) is 11.7. The third kappa shape index (κ3) is 24.5. The summed E-state index contributed by atoms with van der Waals surface area (Å²) in [6.45, 7) is 2.26. The second kappa shape index (κ2) is 24.6. The Labute approximate surface area is 221 Å². The first kappa shape index (κ1) is 31.5. The van der Waals surface area contributed by atoms with Crippen LogP contribution in [-0.2, 0) is 9.59 Å². The van der Waals surface area contributed by atoms with Crippen LogP contribution in [0.5, 0.6) is 0 Å². The zero-order chi connectivity index (χ0) is 20.9. The number of hydrogen-bond acceptors (Lipinski definition) is 3. The molecular weight excluding hydrogens is 391 g/mol. The van der Waals surface area contributed by atoms with Crippen molar-refractivity contribution in [1.82, 2.24) is 0 Å². The van der Waals surface area contributed by atoms with Crippen LogP contribution in [0.4, 0.5) is 0 Å². The van der Waals surface area contributed by atoms with E-state index in [0.29, 0.717) is 6.42 Å². The van der Waals surface area contributed by atoms with Gasteiger partial charge in [0.15, 0.2) is 0 Å². The van der Waals surface area contributed by atoms with E-state index in [2.05, 4.69) is 19.1 Å². The largest absolute Gasteiger partial charge is 1.00 e. The molecule has 5 heteroatoms. The molecule has 0 aromatic heterocycles. The molecule has 0 aliphatic carbocycles. The maximum Gasteiger partial charge on any atom is 1.00 e. The van der Waals surface area contributed by atoms with Gasteiger partial charge in [0, 0.05) is 12.4 Å². The minimum Gasteiger partial charge on any atom is -0.550 e. The van der Waals surface area contributed by atoms with Crippen molar-refractivity contribution in [2.24, 2.45) is 5.92 Å². The zero-order valence-corrected chi connectivity index (χ0v) is 22.3. The molecule has 0 saturated carbocycles. The van der Waals surface area contributed by atoms with Gasteiger partial charge in [0.1, 0.15) is 0 Å². The Hall–Kier alpha value is 0.316. The number of rotatable bonds is 21. The summed E-state index contributed by atoms with van der Waals surface area (Å²) < 4.78 is 0. The van der Waals surface area contributed by atoms with E-state index in [4.69, 9.17) is 5.11 Å². The predicted molar refractivity (Wildman–Crippen MR) is 114 cm³/mol. The molecule has 1 atom stereocenters. The number of carboxylic acid groups (broad SMARTS) is 2. The average Bonchev–Trinajstić information content (AvgIpc) is 2.65. The molecule has 4 nitrogen and oxygen atoms in total. The molecule has 0 amide bonds. The van der Waals surface area contributed by atoms with E-state index < -0.39 is 17.9 Å². The van der Waals surface area contributed by atoms with Crippen molar-refractivity contribution >= 4 is 11.9 Å². The SMILES string of the molecule is CCCCCCCCCCCC/C=C/CCCCCCC(CC(=O)[O-])C(=O)O.[K+]. The number of carbonyl (C=O) groups excluding carboxylic acids is 1. The molecule has 29 heavy (non-hydrogen) atoms. The van der Waals surface area contributed by atoms with Crippen molar-refractivity contribution in [3.05, 3.63) is 12.2 Å². The summed E-state index contributed by atoms with van der Waals surface area (Å²) in [4.78, 5) is 21.5. The zero-order valence-electron chi connectivity index (χ0n) is 19.1. The number of aliphatic carboxylic acids is 2. The molecular formula is C24H43KO4. The van der Waals surface area contributed by atoms with Gasteiger partial charge in [-0.2, -0.15) is 0 Å². The quantitative estimate of drug-likeness (QED) is 0.171. The predicted octanol–water partition coefficient (Wildman–Crippen LogP) is 3.04. The van der Waals surface area contributed by atoms with Crippen LogP contribution in [0.25, 0.3) is 0 Å². The van der Waals surface area contributed by atoms with Crippen molar-refractivity contribution in [3.63, 3.8) is 0 Å². The number of carboxylic acids is 2. The van der Waals surface area contributed by atoms with Gasteiger partial charge in [0.2, 0.25) is 0 Å². The Morgan fingerprint density at radius 1 is 0.759 bits per heavy atom. The van der Waals surface area contributed by atoms with E-state index in [1.807, 2.05) is 0 Å². The third-order valence-corrected chi connectivity index (χ3v) is 5.33. The van der Waals surface area contributed by atoms with Crippen molar-refractivity contribution in [1.29, 1.82) is 0 Å². The van der Waals surface area contributed by atoms with Gasteiger partial charge in [-0.15, -0.1) is 0 Å². The Kier molecular flexibility index (Phi) is 26.7. The van der Waals surface area contributed by atoms with Crippen LogP contribution in [-0.4, -0.2) is 17.0 Å². The number of carbonyl (C=O) groups is 2. The van der Waals surface area contributed by atoms with E-state index in [1.165, 1.54) is 70.6 Å². The minimum absolute atomic E-state index is 0. The van der Waals surface area contributed by atoms with Gasteiger partial charge in [-0.25, -0.2) is 0 Å². The van der Waals surface area contributed by atoms with Crippen molar-refractivity contribution in [3.8, 4) is 0 Å². The molecule has 0 rings (SSSR count). The Balaban J connectivity index is 0. The van der Waals surface area contributed by atoms with E-state index in [-0.39, 0.29) is 57.8 Å². The van der Waals surface area contributed by atoms with Gasteiger partial charge in [-0.3, -0.25) is 4.79 Å². The van der Waals surface area contributed by atoms with Crippen molar-refractivity contribution in [2.45, 2.75) is 122 Å². The monoisotopic (exact) mass is 434 g/mol. The molecule has 0 aliphatic rings. The van der Waals surface area contributed by atoms with Crippen molar-refractivity contribution < 1.29 is 71.2 Å².